The van der Waals surface area contributed by atoms with Crippen molar-refractivity contribution in [1.29, 1.82) is 0 Å². The molecule has 0 radical (unpaired) electrons. The number of unbranched alkanes of at least 4 members (excludes halogenated alkanes) is 5. The first-order valence-corrected chi connectivity index (χ1v) is 34.0. The van der Waals surface area contributed by atoms with Crippen molar-refractivity contribution in [3.63, 3.8) is 0 Å². The first-order chi connectivity index (χ1) is 48.0. The van der Waals surface area contributed by atoms with Gasteiger partial charge in [0.05, 0.1) is 83.7 Å². The van der Waals surface area contributed by atoms with Crippen LogP contribution < -0.4 is 31.3 Å². The first kappa shape index (κ1) is 88.5. The molecule has 582 valence electrons. The van der Waals surface area contributed by atoms with Crippen LogP contribution in [0, 0.1) is 0 Å². The number of benzene rings is 1. The Bertz CT molecular complexity index is 2610. The highest BCUT2D eigenvalue weighted by atomic mass is 16.8. The third-order valence-electron chi connectivity index (χ3n) is 16.7. The lowest BCUT2D eigenvalue weighted by Gasteiger charge is -2.47. The van der Waals surface area contributed by atoms with Crippen LogP contribution in [0.4, 0.5) is 0 Å². The van der Waals surface area contributed by atoms with Crippen molar-refractivity contribution in [2.75, 3.05) is 59.5 Å². The zero-order valence-corrected chi connectivity index (χ0v) is 58.6. The molecule has 5 amide bonds. The lowest BCUT2D eigenvalue weighted by molar-refractivity contribution is -0.342. The minimum Gasteiger partial charge on any atom is -0.494 e. The quantitative estimate of drug-likeness (QED) is 0.0165. The van der Waals surface area contributed by atoms with Gasteiger partial charge in [0, 0.05) is 33.3 Å². The van der Waals surface area contributed by atoms with Crippen LogP contribution in [0.3, 0.4) is 0 Å². The van der Waals surface area contributed by atoms with Crippen molar-refractivity contribution in [3.05, 3.63) is 42.0 Å². The molecule has 1 aromatic rings. The van der Waals surface area contributed by atoms with E-state index in [1.165, 1.54) is 52.7 Å². The van der Waals surface area contributed by atoms with E-state index in [2.05, 4.69) is 45.7 Å². The van der Waals surface area contributed by atoms with E-state index in [0.717, 1.165) is 53.4 Å². The summed E-state index contributed by atoms with van der Waals surface area (Å²) in [5.41, 5.74) is 0.131. The summed E-state index contributed by atoms with van der Waals surface area (Å²) in [6.45, 7) is 4.60. The van der Waals surface area contributed by atoms with E-state index in [0.29, 0.717) is 18.8 Å². The summed E-state index contributed by atoms with van der Waals surface area (Å²) in [6, 6.07) is -0.873. The molecule has 0 bridgehead atoms. The van der Waals surface area contributed by atoms with Crippen molar-refractivity contribution in [1.82, 2.24) is 26.6 Å². The molecule has 0 spiro atoms. The van der Waals surface area contributed by atoms with Gasteiger partial charge in [-0.15, -0.1) is 0 Å². The zero-order chi connectivity index (χ0) is 75.2. The van der Waals surface area contributed by atoms with Crippen LogP contribution >= 0.6 is 0 Å². The number of rotatable bonds is 46. The molecule has 36 nitrogen and oxygen atoms in total. The molecular weight excluding hydrogens is 1350 g/mol. The highest BCUT2D eigenvalue weighted by molar-refractivity contribution is 5.94. The number of nitrogens with one attached hydrogen (secondary N) is 5. The van der Waals surface area contributed by atoms with Crippen molar-refractivity contribution < 1.29 is 152 Å². The number of amides is 5. The molecule has 0 aliphatic carbocycles. The second-order valence-electron chi connectivity index (χ2n) is 25.2. The maximum absolute atomic E-state index is 13.9. The summed E-state index contributed by atoms with van der Waals surface area (Å²) in [5.74, 6) is -3.18. The molecule has 101 heavy (non-hydrogen) atoms. The topological polar surface area (TPSA) is 539 Å². The second-order valence-corrected chi connectivity index (χ2v) is 25.2. The number of carbonyl (C=O) groups excluding carboxylic acids is 5. The zero-order valence-electron chi connectivity index (χ0n) is 58.6. The molecule has 4 rings (SSSR count). The summed E-state index contributed by atoms with van der Waals surface area (Å²) in [4.78, 5) is 64.3. The fourth-order valence-electron chi connectivity index (χ4n) is 11.2. The van der Waals surface area contributed by atoms with Crippen LogP contribution in [0.25, 0.3) is 0 Å². The van der Waals surface area contributed by atoms with E-state index < -0.39 is 248 Å². The highest BCUT2D eigenvalue weighted by Crippen LogP contribution is 2.33. The number of ether oxygens (including phenoxy) is 12. The smallest absolute Gasteiger partial charge is 0.251 e. The lowest BCUT2D eigenvalue weighted by Crippen LogP contribution is -2.67. The number of allylic oxidation sites excluding steroid dienone is 2. The van der Waals surface area contributed by atoms with Crippen molar-refractivity contribution in [2.24, 2.45) is 0 Å². The third kappa shape index (κ3) is 27.8. The van der Waals surface area contributed by atoms with E-state index in [9.17, 15) is 95.5 Å². The molecule has 0 saturated carbocycles. The van der Waals surface area contributed by atoms with E-state index in [-0.39, 0.29) is 5.56 Å². The minimum atomic E-state index is -2.03. The second kappa shape index (κ2) is 45.5. The molecule has 3 heterocycles. The Hall–Kier alpha value is -4.89. The largest absolute Gasteiger partial charge is 0.494 e. The molecule has 36 heteroatoms. The third-order valence-corrected chi connectivity index (χ3v) is 16.7. The van der Waals surface area contributed by atoms with Gasteiger partial charge in [-0.2, -0.15) is 0 Å². The molecule has 1 aromatic carbocycles. The van der Waals surface area contributed by atoms with E-state index in [1.54, 1.807) is 12.1 Å². The Balaban J connectivity index is 1.61. The monoisotopic (exact) mass is 1460 g/mol. The van der Waals surface area contributed by atoms with Gasteiger partial charge >= 0.3 is 0 Å². The van der Waals surface area contributed by atoms with E-state index >= 15 is 0 Å². The SMILES string of the molecule is CCCCCC/C=C\CCCOc1cccc(C(=O)NC(C)[C@@H](OC(CO)[C@@H](O)CO)O[C@@H]2C(CO)O[C@@H](O[C@@H](CO)C(CO)O[C@@H](O[C@@H]3C(CO)O[C@@H](O[C@@H](CO)C(CO[C@@H]4OC(C)[C@@H](O)C(O)C4O)O[C@@H](O)C(C)NC(C)=O)C(NC(C)=O)C3O)C(C)NC(C)=O)C(NC(C)=O)C2O)c1. The lowest BCUT2D eigenvalue weighted by atomic mass is 9.96. The van der Waals surface area contributed by atoms with Gasteiger partial charge < -0.3 is 155 Å². The summed E-state index contributed by atoms with van der Waals surface area (Å²) in [5, 5.41) is 165. The van der Waals surface area contributed by atoms with Gasteiger partial charge in [-0.1, -0.05) is 44.4 Å². The minimum absolute atomic E-state index is 0.131. The number of hydrogen-bond donors (Lipinski definition) is 19. The Kier molecular flexibility index (Phi) is 39.8. The van der Waals surface area contributed by atoms with Crippen molar-refractivity contribution in [2.45, 2.75) is 273 Å². The van der Waals surface area contributed by atoms with Crippen LogP contribution in [-0.2, 0) is 71.3 Å². The van der Waals surface area contributed by atoms with Crippen LogP contribution in [-0.4, -0.2) is 326 Å². The van der Waals surface area contributed by atoms with Crippen LogP contribution in [0.5, 0.6) is 5.75 Å². The molecule has 3 fully saturated rings. The summed E-state index contributed by atoms with van der Waals surface area (Å²) in [7, 11) is 0. The van der Waals surface area contributed by atoms with Gasteiger partial charge in [0.25, 0.3) is 5.91 Å². The fraction of sp³-hybridized carbons (Fsp3) is 0.800. The number of hydrogen-bond acceptors (Lipinski definition) is 31. The van der Waals surface area contributed by atoms with Gasteiger partial charge in [0.15, 0.2) is 37.7 Å². The number of aliphatic hydroxyl groups excluding tert-OH is 14. The van der Waals surface area contributed by atoms with Gasteiger partial charge in [-0.3, -0.25) is 24.0 Å². The Morgan fingerprint density at radius 3 is 1.53 bits per heavy atom. The maximum atomic E-state index is 13.9. The summed E-state index contributed by atoms with van der Waals surface area (Å²) >= 11 is 0. The van der Waals surface area contributed by atoms with Crippen LogP contribution in [0.1, 0.15) is 118 Å². The molecule has 3 aliphatic heterocycles. The molecule has 15 unspecified atom stereocenters. The number of carbonyl (C=O) groups is 5. The maximum Gasteiger partial charge on any atom is 0.251 e. The molecule has 0 aromatic heterocycles. The van der Waals surface area contributed by atoms with Crippen LogP contribution in [0.15, 0.2) is 36.4 Å². The summed E-state index contributed by atoms with van der Waals surface area (Å²) < 4.78 is 72.3. The average Bonchev–Trinajstić information content (AvgIpc) is 0.793. The molecular formula is C65H111N5O31. The average molecular weight is 1460 g/mol. The van der Waals surface area contributed by atoms with Gasteiger partial charge in [0.1, 0.15) is 109 Å². The van der Waals surface area contributed by atoms with Gasteiger partial charge in [-0.05, 0) is 71.6 Å². The van der Waals surface area contributed by atoms with E-state index in [1.807, 2.05) is 0 Å². The summed E-state index contributed by atoms with van der Waals surface area (Å²) in [6.07, 6.45) is -26.9. The standard InChI is InChI=1S/C65H111N5O31/c1-10-11-12-13-14-15-16-17-18-22-90-41-21-19-20-40(23-41)59(88)68-34(4)62(94-43(25-72)42(82)24-71)101-58-48(30-77)98-63(50(53(58)84)69-38(8)80)96-45(27-74)44(26-73)95-61(33(3)67-37(7)79)100-57-47(29-76)99-64(51(54(57)85)70-39(9)81)97-46(28-75)49(93-60(89)32(2)66-36(6)78)31-91-65-56(87)55(86)52(83)35(5)92-65/h15-16,19-21,23,32-35,42-58,60-65,71-77,82-87,89H,10-14,17-18,22,24-31H2,1-9H3,(H,66,78)(H,67,79)(H,68,88)(H,69,80)(H,70,81)/b16-15-/t32?,33?,34?,35?,42-,43?,44?,45-,46-,47?,48?,49?,50?,51?,52+,53?,54?,55?,56?,57+,58+,60+,61-,62-,63+,64+,65+/m0/s1. The van der Waals surface area contributed by atoms with Crippen molar-refractivity contribution in [3.8, 4) is 5.75 Å². The Morgan fingerprint density at radius 2 is 1.04 bits per heavy atom. The predicted molar refractivity (Wildman–Crippen MR) is 349 cm³/mol. The van der Waals surface area contributed by atoms with Crippen LogP contribution in [0.2, 0.25) is 0 Å². The van der Waals surface area contributed by atoms with Gasteiger partial charge in [-0.25, -0.2) is 0 Å². The fourth-order valence-corrected chi connectivity index (χ4v) is 11.2. The Morgan fingerprint density at radius 1 is 0.535 bits per heavy atom. The normalized spacial score (nSPS) is 29.2. The predicted octanol–water partition coefficient (Wildman–Crippen LogP) is -5.46. The van der Waals surface area contributed by atoms with Gasteiger partial charge in [0.2, 0.25) is 23.6 Å². The van der Waals surface area contributed by atoms with Crippen molar-refractivity contribution >= 4 is 29.5 Å². The number of aliphatic hydroxyl groups is 14. The Labute approximate surface area is 586 Å². The first-order valence-electron chi connectivity index (χ1n) is 34.0. The van der Waals surface area contributed by atoms with E-state index in [4.69, 9.17) is 56.8 Å². The molecule has 19 N–H and O–H groups in total. The molecule has 27 atom stereocenters. The highest BCUT2D eigenvalue weighted by Gasteiger charge is 2.53. The molecule has 3 aliphatic rings. The molecule has 3 saturated heterocycles.